The normalized spacial score (nSPS) is 22.2. The number of rotatable bonds is 2. The van der Waals surface area contributed by atoms with E-state index in [0.29, 0.717) is 5.69 Å². The van der Waals surface area contributed by atoms with Crippen LogP contribution in [0.3, 0.4) is 0 Å². The largest absolute Gasteiger partial charge is 0.334 e. The third-order valence-corrected chi connectivity index (χ3v) is 3.08. The first-order valence-electron chi connectivity index (χ1n) is 5.92. The second-order valence-electron chi connectivity index (χ2n) is 4.38. The van der Waals surface area contributed by atoms with Crippen LogP contribution in [-0.2, 0) is 0 Å². The summed E-state index contributed by atoms with van der Waals surface area (Å²) in [6.45, 7) is 0. The molecule has 0 aliphatic heterocycles. The van der Waals surface area contributed by atoms with Gasteiger partial charge >= 0.3 is 6.03 Å². The highest BCUT2D eigenvalue weighted by atomic mass is 19.1. The van der Waals surface area contributed by atoms with Gasteiger partial charge in [-0.2, -0.15) is 5.26 Å². The Morgan fingerprint density at radius 3 is 3.00 bits per heavy atom. The monoisotopic (exact) mass is 247 g/mol. The lowest BCUT2D eigenvalue weighted by Gasteiger charge is -2.16. The Labute approximate surface area is 105 Å². The third kappa shape index (κ3) is 2.98. The van der Waals surface area contributed by atoms with Crippen LogP contribution in [0.15, 0.2) is 24.3 Å². The summed E-state index contributed by atoms with van der Waals surface area (Å²) in [5.41, 5.74) is 0.402. The molecule has 1 aromatic carbocycles. The Hall–Kier alpha value is -2.09. The summed E-state index contributed by atoms with van der Waals surface area (Å²) in [5.74, 6) is -0.521. The van der Waals surface area contributed by atoms with Gasteiger partial charge in [-0.05, 0) is 37.5 Å². The van der Waals surface area contributed by atoms with Crippen molar-refractivity contribution >= 4 is 11.7 Å². The first-order valence-corrected chi connectivity index (χ1v) is 5.92. The fourth-order valence-electron chi connectivity index (χ4n) is 2.19. The summed E-state index contributed by atoms with van der Waals surface area (Å²) in [4.78, 5) is 11.7. The number of carbonyl (C=O) groups excluding carboxylic acids is 1. The molecule has 5 heteroatoms. The predicted molar refractivity (Wildman–Crippen MR) is 65.3 cm³/mol. The first kappa shape index (κ1) is 12.4. The van der Waals surface area contributed by atoms with E-state index in [0.717, 1.165) is 19.3 Å². The van der Waals surface area contributed by atoms with Crippen molar-refractivity contribution in [2.24, 2.45) is 5.92 Å². The molecule has 2 N–H and O–H groups in total. The first-order chi connectivity index (χ1) is 8.69. The van der Waals surface area contributed by atoms with Gasteiger partial charge in [-0.15, -0.1) is 0 Å². The lowest BCUT2D eigenvalue weighted by Crippen LogP contribution is -2.39. The Morgan fingerprint density at radius 2 is 2.28 bits per heavy atom. The maximum Gasteiger partial charge on any atom is 0.319 e. The van der Waals surface area contributed by atoms with E-state index < -0.39 is 11.8 Å². The second kappa shape index (κ2) is 5.50. The molecule has 1 aliphatic rings. The summed E-state index contributed by atoms with van der Waals surface area (Å²) >= 11 is 0. The number of urea groups is 1. The molecule has 1 saturated carbocycles. The minimum Gasteiger partial charge on any atom is -0.334 e. The third-order valence-electron chi connectivity index (χ3n) is 3.08. The fourth-order valence-corrected chi connectivity index (χ4v) is 2.19. The lowest BCUT2D eigenvalue weighted by atomic mass is 10.1. The Morgan fingerprint density at radius 1 is 1.44 bits per heavy atom. The molecule has 0 bridgehead atoms. The maximum atomic E-state index is 12.9. The van der Waals surface area contributed by atoms with Gasteiger partial charge in [0.25, 0.3) is 0 Å². The van der Waals surface area contributed by atoms with Gasteiger partial charge < -0.3 is 10.6 Å². The van der Waals surface area contributed by atoms with Gasteiger partial charge in [-0.1, -0.05) is 6.07 Å². The van der Waals surface area contributed by atoms with Crippen LogP contribution in [0.2, 0.25) is 0 Å². The van der Waals surface area contributed by atoms with Crippen molar-refractivity contribution in [2.45, 2.75) is 25.3 Å². The van der Waals surface area contributed by atoms with Crippen molar-refractivity contribution in [2.75, 3.05) is 5.32 Å². The van der Waals surface area contributed by atoms with Crippen LogP contribution >= 0.6 is 0 Å². The van der Waals surface area contributed by atoms with Crippen LogP contribution in [0, 0.1) is 23.1 Å². The second-order valence-corrected chi connectivity index (χ2v) is 4.38. The summed E-state index contributed by atoms with van der Waals surface area (Å²) < 4.78 is 12.9. The highest BCUT2D eigenvalue weighted by molar-refractivity contribution is 5.89. The molecule has 0 saturated heterocycles. The smallest absolute Gasteiger partial charge is 0.319 e. The van der Waals surface area contributed by atoms with Crippen molar-refractivity contribution in [1.29, 1.82) is 5.26 Å². The van der Waals surface area contributed by atoms with E-state index in [1.807, 2.05) is 0 Å². The van der Waals surface area contributed by atoms with E-state index in [1.54, 1.807) is 6.07 Å². The van der Waals surface area contributed by atoms with Crippen molar-refractivity contribution < 1.29 is 9.18 Å². The number of nitriles is 1. The van der Waals surface area contributed by atoms with Crippen LogP contribution in [0.25, 0.3) is 0 Å². The molecule has 2 unspecified atom stereocenters. The molecule has 1 aliphatic carbocycles. The standard InChI is InChI=1S/C13H14FN3O/c14-10-4-2-5-11(7-10)16-13(18)17-12-6-1-3-9(12)8-15/h2,4-5,7,9,12H,1,3,6H2,(H2,16,17,18). The van der Waals surface area contributed by atoms with Crippen LogP contribution in [-0.4, -0.2) is 12.1 Å². The number of amides is 2. The number of carbonyl (C=O) groups is 1. The number of nitrogens with one attached hydrogen (secondary N) is 2. The number of nitrogens with zero attached hydrogens (tertiary/aromatic N) is 1. The van der Waals surface area contributed by atoms with Crippen LogP contribution in [0.5, 0.6) is 0 Å². The van der Waals surface area contributed by atoms with Gasteiger partial charge in [-0.25, -0.2) is 9.18 Å². The number of hydrogen-bond acceptors (Lipinski definition) is 2. The van der Waals surface area contributed by atoms with Gasteiger partial charge in [0.1, 0.15) is 5.82 Å². The predicted octanol–water partition coefficient (Wildman–Crippen LogP) is 2.64. The quantitative estimate of drug-likeness (QED) is 0.843. The molecule has 0 heterocycles. The Kier molecular flexibility index (Phi) is 3.78. The number of benzene rings is 1. The molecule has 2 rings (SSSR count). The molecule has 4 nitrogen and oxygen atoms in total. The summed E-state index contributed by atoms with van der Waals surface area (Å²) in [7, 11) is 0. The summed E-state index contributed by atoms with van der Waals surface area (Å²) in [6.07, 6.45) is 2.58. The van der Waals surface area contributed by atoms with Gasteiger partial charge in [-0.3, -0.25) is 0 Å². The van der Waals surface area contributed by atoms with Gasteiger partial charge in [0.05, 0.1) is 12.0 Å². The number of halogens is 1. The maximum absolute atomic E-state index is 12.9. The van der Waals surface area contributed by atoms with Crippen molar-refractivity contribution in [1.82, 2.24) is 5.32 Å². The molecule has 2 atom stereocenters. The van der Waals surface area contributed by atoms with E-state index in [1.165, 1.54) is 18.2 Å². The molecule has 1 fully saturated rings. The molecule has 0 spiro atoms. The zero-order valence-corrected chi connectivity index (χ0v) is 9.82. The molecule has 18 heavy (non-hydrogen) atoms. The average Bonchev–Trinajstić information content (AvgIpc) is 2.76. The van der Waals surface area contributed by atoms with E-state index in [4.69, 9.17) is 5.26 Å². The Bertz CT molecular complexity index is 483. The number of hydrogen-bond donors (Lipinski definition) is 2. The molecular formula is C13H14FN3O. The van der Waals surface area contributed by atoms with Crippen LogP contribution < -0.4 is 10.6 Å². The number of anilines is 1. The molecule has 0 aromatic heterocycles. The van der Waals surface area contributed by atoms with Crippen molar-refractivity contribution in [3.05, 3.63) is 30.1 Å². The molecule has 94 valence electrons. The molecular weight excluding hydrogens is 233 g/mol. The molecule has 2 amide bonds. The topological polar surface area (TPSA) is 64.9 Å². The van der Waals surface area contributed by atoms with E-state index >= 15 is 0 Å². The lowest BCUT2D eigenvalue weighted by molar-refractivity contribution is 0.247. The van der Waals surface area contributed by atoms with Crippen molar-refractivity contribution in [3.8, 4) is 6.07 Å². The zero-order valence-electron chi connectivity index (χ0n) is 9.82. The highest BCUT2D eigenvalue weighted by Crippen LogP contribution is 2.24. The molecule has 1 aromatic rings. The summed E-state index contributed by atoms with van der Waals surface area (Å²) in [5, 5.41) is 14.2. The fraction of sp³-hybridized carbons (Fsp3) is 0.385. The van der Waals surface area contributed by atoms with Gasteiger partial charge in [0.2, 0.25) is 0 Å². The van der Waals surface area contributed by atoms with E-state index in [9.17, 15) is 9.18 Å². The van der Waals surface area contributed by atoms with Crippen LogP contribution in [0.1, 0.15) is 19.3 Å². The molecule has 0 radical (unpaired) electrons. The van der Waals surface area contributed by atoms with Gasteiger partial charge in [0, 0.05) is 11.7 Å². The van der Waals surface area contributed by atoms with E-state index in [-0.39, 0.29) is 12.0 Å². The van der Waals surface area contributed by atoms with Gasteiger partial charge in [0.15, 0.2) is 0 Å². The SMILES string of the molecule is N#CC1CCCC1NC(=O)Nc1cccc(F)c1. The minimum atomic E-state index is -0.399. The van der Waals surface area contributed by atoms with Crippen molar-refractivity contribution in [3.63, 3.8) is 0 Å². The highest BCUT2D eigenvalue weighted by Gasteiger charge is 2.28. The zero-order chi connectivity index (χ0) is 13.0. The Balaban J connectivity index is 1.91. The van der Waals surface area contributed by atoms with Crippen LogP contribution in [0.4, 0.5) is 14.9 Å². The van der Waals surface area contributed by atoms with E-state index in [2.05, 4.69) is 16.7 Å². The minimum absolute atomic E-state index is 0.108. The average molecular weight is 247 g/mol. The summed E-state index contributed by atoms with van der Waals surface area (Å²) in [6, 6.07) is 7.38.